The van der Waals surface area contributed by atoms with Crippen LogP contribution in [0.2, 0.25) is 5.02 Å². The molecule has 20 heavy (non-hydrogen) atoms. The van der Waals surface area contributed by atoms with E-state index in [1.165, 1.54) is 6.42 Å². The van der Waals surface area contributed by atoms with Crippen molar-refractivity contribution in [2.45, 2.75) is 13.3 Å². The van der Waals surface area contributed by atoms with Gasteiger partial charge in [-0.15, -0.1) is 0 Å². The first-order valence-corrected chi connectivity index (χ1v) is 7.44. The van der Waals surface area contributed by atoms with Crippen LogP contribution in [0.4, 0.5) is 5.69 Å². The molecule has 112 valence electrons. The summed E-state index contributed by atoms with van der Waals surface area (Å²) in [7, 11) is 3.29. The number of benzene rings is 1. The van der Waals surface area contributed by atoms with E-state index in [0.717, 1.165) is 37.6 Å². The molecule has 0 saturated carbocycles. The quantitative estimate of drug-likeness (QED) is 0.875. The van der Waals surface area contributed by atoms with Gasteiger partial charge in [-0.25, -0.2) is 0 Å². The zero-order chi connectivity index (χ0) is 14.5. The third-order valence-corrected chi connectivity index (χ3v) is 4.06. The molecule has 5 heteroatoms. The standard InChI is InChI=1S/C15H23ClN2O2/c1-4-17-9-11-5-6-18(10-11)13-7-12(16)14(19-2)8-15(13)20-3/h7-8,11,17H,4-6,9-10H2,1-3H3. The Kier molecular flexibility index (Phi) is 5.38. The molecule has 0 spiro atoms. The van der Waals surface area contributed by atoms with Crippen LogP contribution in [-0.4, -0.2) is 40.4 Å². The number of methoxy groups -OCH3 is 2. The Morgan fingerprint density at radius 3 is 2.70 bits per heavy atom. The van der Waals surface area contributed by atoms with Gasteiger partial charge in [0.05, 0.1) is 24.9 Å². The highest BCUT2D eigenvalue weighted by atomic mass is 35.5. The molecule has 1 atom stereocenters. The lowest BCUT2D eigenvalue weighted by Gasteiger charge is -2.22. The fourth-order valence-electron chi connectivity index (χ4n) is 2.66. The average Bonchev–Trinajstić information content (AvgIpc) is 2.93. The Bertz CT molecular complexity index is 454. The SMILES string of the molecule is CCNCC1CCN(c2cc(Cl)c(OC)cc2OC)C1. The lowest BCUT2D eigenvalue weighted by atomic mass is 10.1. The van der Waals surface area contributed by atoms with Crippen LogP contribution in [0, 0.1) is 5.92 Å². The fourth-order valence-corrected chi connectivity index (χ4v) is 2.89. The van der Waals surface area contributed by atoms with Gasteiger partial charge in [-0.2, -0.15) is 0 Å². The molecule has 1 aliphatic heterocycles. The molecule has 2 rings (SSSR count). The monoisotopic (exact) mass is 298 g/mol. The zero-order valence-corrected chi connectivity index (χ0v) is 13.2. The minimum Gasteiger partial charge on any atom is -0.495 e. The van der Waals surface area contributed by atoms with Crippen molar-refractivity contribution in [3.8, 4) is 11.5 Å². The van der Waals surface area contributed by atoms with E-state index < -0.39 is 0 Å². The summed E-state index contributed by atoms with van der Waals surface area (Å²) in [5.41, 5.74) is 1.05. The number of anilines is 1. The van der Waals surface area contributed by atoms with Gasteiger partial charge in [-0.1, -0.05) is 18.5 Å². The first kappa shape index (κ1) is 15.3. The molecular weight excluding hydrogens is 276 g/mol. The number of halogens is 1. The molecule has 1 aromatic carbocycles. The first-order chi connectivity index (χ1) is 9.69. The van der Waals surface area contributed by atoms with Gasteiger partial charge in [-0.3, -0.25) is 0 Å². The van der Waals surface area contributed by atoms with Crippen LogP contribution in [0.3, 0.4) is 0 Å². The third kappa shape index (κ3) is 3.30. The fraction of sp³-hybridized carbons (Fsp3) is 0.600. The van der Waals surface area contributed by atoms with Gasteiger partial charge in [0.15, 0.2) is 0 Å². The van der Waals surface area contributed by atoms with Crippen molar-refractivity contribution in [2.75, 3.05) is 45.3 Å². The normalized spacial score (nSPS) is 18.4. The predicted octanol–water partition coefficient (Wildman–Crippen LogP) is 2.79. The molecule has 0 radical (unpaired) electrons. The molecule has 4 nitrogen and oxygen atoms in total. The van der Waals surface area contributed by atoms with E-state index in [-0.39, 0.29) is 0 Å². The maximum Gasteiger partial charge on any atom is 0.145 e. The summed E-state index contributed by atoms with van der Waals surface area (Å²) in [5, 5.41) is 4.04. The summed E-state index contributed by atoms with van der Waals surface area (Å²) < 4.78 is 10.7. The molecule has 0 bridgehead atoms. The van der Waals surface area contributed by atoms with E-state index in [1.807, 2.05) is 12.1 Å². The van der Waals surface area contributed by atoms with Gasteiger partial charge in [-0.05, 0) is 31.5 Å². The molecule has 1 heterocycles. The molecule has 1 aliphatic rings. The third-order valence-electron chi connectivity index (χ3n) is 3.76. The van der Waals surface area contributed by atoms with Crippen LogP contribution in [0.5, 0.6) is 11.5 Å². The summed E-state index contributed by atoms with van der Waals surface area (Å²) >= 11 is 6.24. The molecule has 1 aromatic rings. The van der Waals surface area contributed by atoms with E-state index in [1.54, 1.807) is 14.2 Å². The molecule has 1 fully saturated rings. The second kappa shape index (κ2) is 7.04. The van der Waals surface area contributed by atoms with E-state index in [9.17, 15) is 0 Å². The highest BCUT2D eigenvalue weighted by Crippen LogP contribution is 2.39. The maximum atomic E-state index is 6.24. The van der Waals surface area contributed by atoms with E-state index in [2.05, 4.69) is 17.1 Å². The van der Waals surface area contributed by atoms with Crippen LogP contribution in [0.25, 0.3) is 0 Å². The summed E-state index contributed by atoms with van der Waals surface area (Å²) in [6.45, 7) is 6.30. The molecule has 0 aliphatic carbocycles. The Labute approximate surface area is 126 Å². The van der Waals surface area contributed by atoms with Crippen LogP contribution >= 0.6 is 11.6 Å². The molecular formula is C15H23ClN2O2. The maximum absolute atomic E-state index is 6.24. The lowest BCUT2D eigenvalue weighted by Crippen LogP contribution is -2.26. The number of nitrogens with one attached hydrogen (secondary N) is 1. The van der Waals surface area contributed by atoms with Gasteiger partial charge in [0.25, 0.3) is 0 Å². The van der Waals surface area contributed by atoms with Crippen molar-refractivity contribution in [3.63, 3.8) is 0 Å². The van der Waals surface area contributed by atoms with Crippen molar-refractivity contribution in [3.05, 3.63) is 17.2 Å². The van der Waals surface area contributed by atoms with Gasteiger partial charge in [0.2, 0.25) is 0 Å². The molecule has 0 amide bonds. The Morgan fingerprint density at radius 1 is 1.30 bits per heavy atom. The van der Waals surface area contributed by atoms with Crippen LogP contribution in [0.15, 0.2) is 12.1 Å². The summed E-state index contributed by atoms with van der Waals surface area (Å²) in [5.74, 6) is 2.14. The van der Waals surface area contributed by atoms with Gasteiger partial charge >= 0.3 is 0 Å². The highest BCUT2D eigenvalue weighted by Gasteiger charge is 2.25. The van der Waals surface area contributed by atoms with Crippen LogP contribution < -0.4 is 19.7 Å². The Morgan fingerprint density at radius 2 is 2.05 bits per heavy atom. The van der Waals surface area contributed by atoms with E-state index in [0.29, 0.717) is 16.7 Å². The van der Waals surface area contributed by atoms with E-state index >= 15 is 0 Å². The van der Waals surface area contributed by atoms with Crippen LogP contribution in [0.1, 0.15) is 13.3 Å². The lowest BCUT2D eigenvalue weighted by molar-refractivity contribution is 0.394. The number of hydrogen-bond donors (Lipinski definition) is 1. The summed E-state index contributed by atoms with van der Waals surface area (Å²) in [4.78, 5) is 2.34. The van der Waals surface area contributed by atoms with Gasteiger partial charge < -0.3 is 19.7 Å². The zero-order valence-electron chi connectivity index (χ0n) is 12.4. The predicted molar refractivity (Wildman–Crippen MR) is 83.4 cm³/mol. The molecule has 1 N–H and O–H groups in total. The van der Waals surface area contributed by atoms with Crippen LogP contribution in [-0.2, 0) is 0 Å². The van der Waals surface area contributed by atoms with Gasteiger partial charge in [0.1, 0.15) is 11.5 Å². The molecule has 1 unspecified atom stereocenters. The van der Waals surface area contributed by atoms with Crippen molar-refractivity contribution in [1.29, 1.82) is 0 Å². The average molecular weight is 299 g/mol. The second-order valence-corrected chi connectivity index (χ2v) is 5.47. The van der Waals surface area contributed by atoms with Gasteiger partial charge in [0, 0.05) is 19.2 Å². The van der Waals surface area contributed by atoms with Crippen molar-refractivity contribution >= 4 is 17.3 Å². The molecule has 1 saturated heterocycles. The van der Waals surface area contributed by atoms with Crippen molar-refractivity contribution in [1.82, 2.24) is 5.32 Å². The second-order valence-electron chi connectivity index (χ2n) is 5.07. The van der Waals surface area contributed by atoms with Crippen molar-refractivity contribution in [2.24, 2.45) is 5.92 Å². The largest absolute Gasteiger partial charge is 0.495 e. The molecule has 0 aromatic heterocycles. The topological polar surface area (TPSA) is 33.7 Å². The van der Waals surface area contributed by atoms with E-state index in [4.69, 9.17) is 21.1 Å². The number of rotatable bonds is 6. The smallest absolute Gasteiger partial charge is 0.145 e. The minimum absolute atomic E-state index is 0.624. The Balaban J connectivity index is 2.14. The van der Waals surface area contributed by atoms with Crippen molar-refractivity contribution < 1.29 is 9.47 Å². The highest BCUT2D eigenvalue weighted by molar-refractivity contribution is 6.32. The minimum atomic E-state index is 0.624. The summed E-state index contributed by atoms with van der Waals surface area (Å²) in [6, 6.07) is 3.80. The number of nitrogens with zero attached hydrogens (tertiary/aromatic N) is 1. The summed E-state index contributed by atoms with van der Waals surface area (Å²) in [6.07, 6.45) is 1.19. The Hall–Kier alpha value is -1.13. The first-order valence-electron chi connectivity index (χ1n) is 7.06. The number of ether oxygens (including phenoxy) is 2. The number of hydrogen-bond acceptors (Lipinski definition) is 4.